The number of methoxy groups -OCH3 is 1. The molecule has 96 valence electrons. The monoisotopic (exact) mass is 236 g/mol. The molecule has 0 aliphatic heterocycles. The fourth-order valence-corrected chi connectivity index (χ4v) is 2.32. The number of hydrogen-bond donors (Lipinski definition) is 1. The molecule has 2 heteroatoms. The van der Waals surface area contributed by atoms with Gasteiger partial charge in [0.05, 0.1) is 7.11 Å². The van der Waals surface area contributed by atoms with E-state index in [1.807, 2.05) is 0 Å². The van der Waals surface area contributed by atoms with Crippen molar-refractivity contribution in [3.8, 4) is 5.75 Å². The Morgan fingerprint density at radius 2 is 1.88 bits per heavy atom. The third kappa shape index (κ3) is 3.01. The summed E-state index contributed by atoms with van der Waals surface area (Å²) >= 11 is 0. The van der Waals surface area contributed by atoms with Gasteiger partial charge in [-0.05, 0) is 55.4 Å². The van der Waals surface area contributed by atoms with Gasteiger partial charge in [-0.1, -0.05) is 19.4 Å². The highest BCUT2D eigenvalue weighted by Crippen LogP contribution is 2.30. The lowest BCUT2D eigenvalue weighted by atomic mass is 9.91. The maximum absolute atomic E-state index is 9.29. The molecule has 0 saturated heterocycles. The molecule has 1 N–H and O–H groups in total. The average molecular weight is 236 g/mol. The van der Waals surface area contributed by atoms with E-state index in [0.29, 0.717) is 5.92 Å². The quantitative estimate of drug-likeness (QED) is 0.851. The van der Waals surface area contributed by atoms with E-state index in [4.69, 9.17) is 4.74 Å². The summed E-state index contributed by atoms with van der Waals surface area (Å²) in [6.07, 6.45) is 1.96. The van der Waals surface area contributed by atoms with Gasteiger partial charge in [0.25, 0.3) is 0 Å². The molecule has 1 atom stereocenters. The highest BCUT2D eigenvalue weighted by Gasteiger charge is 2.13. The third-order valence-electron chi connectivity index (χ3n) is 3.68. The van der Waals surface area contributed by atoms with Crippen LogP contribution in [0.4, 0.5) is 0 Å². The van der Waals surface area contributed by atoms with E-state index in [0.717, 1.165) is 18.6 Å². The molecule has 1 aromatic rings. The van der Waals surface area contributed by atoms with Crippen molar-refractivity contribution in [3.63, 3.8) is 0 Å². The molecule has 0 bridgehead atoms. The van der Waals surface area contributed by atoms with Gasteiger partial charge in [-0.25, -0.2) is 0 Å². The van der Waals surface area contributed by atoms with Gasteiger partial charge in [-0.3, -0.25) is 0 Å². The molecule has 0 amide bonds. The minimum Gasteiger partial charge on any atom is -0.496 e. The van der Waals surface area contributed by atoms with Gasteiger partial charge in [0.1, 0.15) is 5.75 Å². The summed E-state index contributed by atoms with van der Waals surface area (Å²) in [5.74, 6) is 1.35. The maximum Gasteiger partial charge on any atom is 0.124 e. The molecular weight excluding hydrogens is 212 g/mol. The minimum absolute atomic E-state index is 0.264. The predicted octanol–water partition coefficient (Wildman–Crippen LogP) is 3.18. The van der Waals surface area contributed by atoms with Crippen LogP contribution in [0.2, 0.25) is 0 Å². The first-order valence-electron chi connectivity index (χ1n) is 6.29. The van der Waals surface area contributed by atoms with Gasteiger partial charge in [0.15, 0.2) is 0 Å². The molecule has 1 unspecified atom stereocenters. The van der Waals surface area contributed by atoms with Crippen LogP contribution in [0.15, 0.2) is 6.07 Å². The van der Waals surface area contributed by atoms with Crippen LogP contribution >= 0.6 is 0 Å². The Morgan fingerprint density at radius 1 is 1.24 bits per heavy atom. The van der Waals surface area contributed by atoms with Crippen LogP contribution in [0.3, 0.4) is 0 Å². The van der Waals surface area contributed by atoms with E-state index >= 15 is 0 Å². The molecule has 0 aliphatic rings. The normalized spacial score (nSPS) is 12.6. The Kier molecular flexibility index (Phi) is 5.01. The second-order valence-electron chi connectivity index (χ2n) is 4.80. The molecule has 0 saturated carbocycles. The highest BCUT2D eigenvalue weighted by atomic mass is 16.5. The topological polar surface area (TPSA) is 29.5 Å². The molecule has 1 aromatic carbocycles. The maximum atomic E-state index is 9.29. The number of rotatable bonds is 5. The minimum atomic E-state index is 0.264. The van der Waals surface area contributed by atoms with Gasteiger partial charge in [-0.2, -0.15) is 0 Å². The number of benzene rings is 1. The summed E-state index contributed by atoms with van der Waals surface area (Å²) in [4.78, 5) is 0. The summed E-state index contributed by atoms with van der Waals surface area (Å²) in [6, 6.07) is 2.19. The van der Waals surface area contributed by atoms with Gasteiger partial charge in [0.2, 0.25) is 0 Å². The second-order valence-corrected chi connectivity index (χ2v) is 4.80. The van der Waals surface area contributed by atoms with E-state index in [-0.39, 0.29) is 6.61 Å². The van der Waals surface area contributed by atoms with Gasteiger partial charge >= 0.3 is 0 Å². The molecule has 0 radical (unpaired) electrons. The molecule has 17 heavy (non-hydrogen) atoms. The predicted molar refractivity (Wildman–Crippen MR) is 71.8 cm³/mol. The zero-order valence-corrected chi connectivity index (χ0v) is 11.6. The smallest absolute Gasteiger partial charge is 0.124 e. The van der Waals surface area contributed by atoms with Crippen LogP contribution in [0.1, 0.15) is 35.6 Å². The lowest BCUT2D eigenvalue weighted by Gasteiger charge is -2.18. The van der Waals surface area contributed by atoms with Crippen LogP contribution in [-0.4, -0.2) is 18.8 Å². The first kappa shape index (κ1) is 14.0. The van der Waals surface area contributed by atoms with Crippen molar-refractivity contribution in [2.75, 3.05) is 13.7 Å². The third-order valence-corrected chi connectivity index (χ3v) is 3.68. The second kappa shape index (κ2) is 6.06. The standard InChI is InChI=1S/C15H24O2/c1-6-13(9-16)8-14-7-10(2)15(17-5)12(4)11(14)3/h7,13,16H,6,8-9H2,1-5H3. The van der Waals surface area contributed by atoms with Crippen LogP contribution in [0.5, 0.6) is 5.75 Å². The zero-order valence-electron chi connectivity index (χ0n) is 11.6. The van der Waals surface area contributed by atoms with E-state index in [9.17, 15) is 5.11 Å². The first-order chi connectivity index (χ1) is 8.04. The summed E-state index contributed by atoms with van der Waals surface area (Å²) in [5, 5.41) is 9.29. The zero-order chi connectivity index (χ0) is 13.0. The fourth-order valence-electron chi connectivity index (χ4n) is 2.32. The molecule has 0 aliphatic carbocycles. The lowest BCUT2D eigenvalue weighted by Crippen LogP contribution is -2.10. The number of aryl methyl sites for hydroxylation is 1. The van der Waals surface area contributed by atoms with Crippen molar-refractivity contribution < 1.29 is 9.84 Å². The number of ether oxygens (including phenoxy) is 1. The molecule has 2 nitrogen and oxygen atoms in total. The van der Waals surface area contributed by atoms with Crippen molar-refractivity contribution in [3.05, 3.63) is 28.3 Å². The number of aliphatic hydroxyl groups is 1. The van der Waals surface area contributed by atoms with Crippen molar-refractivity contribution >= 4 is 0 Å². The van der Waals surface area contributed by atoms with Crippen molar-refractivity contribution in [1.82, 2.24) is 0 Å². The van der Waals surface area contributed by atoms with Crippen molar-refractivity contribution in [2.45, 2.75) is 40.5 Å². The average Bonchev–Trinajstić information content (AvgIpc) is 2.32. The first-order valence-corrected chi connectivity index (χ1v) is 6.29. The summed E-state index contributed by atoms with van der Waals surface area (Å²) in [7, 11) is 1.72. The van der Waals surface area contributed by atoms with E-state index in [1.54, 1.807) is 7.11 Å². The fraction of sp³-hybridized carbons (Fsp3) is 0.600. The Morgan fingerprint density at radius 3 is 2.35 bits per heavy atom. The van der Waals surface area contributed by atoms with Crippen molar-refractivity contribution in [2.24, 2.45) is 5.92 Å². The Balaban J connectivity index is 3.10. The summed E-state index contributed by atoms with van der Waals surface area (Å²) in [5.41, 5.74) is 5.02. The molecule has 0 spiro atoms. The van der Waals surface area contributed by atoms with E-state index in [1.165, 1.54) is 22.3 Å². The van der Waals surface area contributed by atoms with Crippen LogP contribution < -0.4 is 4.74 Å². The van der Waals surface area contributed by atoms with Crippen molar-refractivity contribution in [1.29, 1.82) is 0 Å². The lowest BCUT2D eigenvalue weighted by molar-refractivity contribution is 0.222. The van der Waals surface area contributed by atoms with E-state index < -0.39 is 0 Å². The summed E-state index contributed by atoms with van der Waals surface area (Å²) < 4.78 is 5.42. The van der Waals surface area contributed by atoms with Crippen LogP contribution in [0.25, 0.3) is 0 Å². The van der Waals surface area contributed by atoms with Crippen LogP contribution in [0, 0.1) is 26.7 Å². The Bertz CT molecular complexity index is 379. The number of aliphatic hydroxyl groups excluding tert-OH is 1. The van der Waals surface area contributed by atoms with Crippen LogP contribution in [-0.2, 0) is 6.42 Å². The Labute approximate surface area is 105 Å². The van der Waals surface area contributed by atoms with Gasteiger partial charge in [0, 0.05) is 6.61 Å². The SMILES string of the molecule is CCC(CO)Cc1cc(C)c(OC)c(C)c1C. The highest BCUT2D eigenvalue weighted by molar-refractivity contribution is 5.49. The molecule has 0 fully saturated rings. The van der Waals surface area contributed by atoms with E-state index in [2.05, 4.69) is 33.8 Å². The molecule has 1 rings (SSSR count). The molecule has 0 aromatic heterocycles. The molecule has 0 heterocycles. The van der Waals surface area contributed by atoms with Gasteiger partial charge < -0.3 is 9.84 Å². The Hall–Kier alpha value is -1.02. The summed E-state index contributed by atoms with van der Waals surface area (Å²) in [6.45, 7) is 8.70. The largest absolute Gasteiger partial charge is 0.496 e. The molecular formula is C15H24O2. The van der Waals surface area contributed by atoms with Gasteiger partial charge in [-0.15, -0.1) is 0 Å². The number of hydrogen-bond acceptors (Lipinski definition) is 2.